The Morgan fingerprint density at radius 2 is 1.95 bits per heavy atom. The Hall–Kier alpha value is -1.20. The fraction of sp³-hybridized carbons (Fsp3) is 0.571. The molecule has 0 aliphatic heterocycles. The second-order valence-corrected chi connectivity index (χ2v) is 5.08. The lowest BCUT2D eigenvalue weighted by Gasteiger charge is -2.31. The maximum absolute atomic E-state index is 13.6. The standard InChI is InChI=1S/C14H19F2NO2/c15-11-6-5-9(13(16)14(11)19)7-17-12-4-2-1-3-10(12)8-18/h5-6,10,12,17-19H,1-4,7-8H2. The fourth-order valence-corrected chi connectivity index (χ4v) is 2.66. The Morgan fingerprint density at radius 3 is 2.68 bits per heavy atom. The van der Waals surface area contributed by atoms with Gasteiger partial charge in [-0.25, -0.2) is 8.78 Å². The minimum Gasteiger partial charge on any atom is -0.503 e. The summed E-state index contributed by atoms with van der Waals surface area (Å²) in [6.45, 7) is 0.343. The van der Waals surface area contributed by atoms with Crippen LogP contribution in [-0.2, 0) is 6.54 Å². The number of hydrogen-bond donors (Lipinski definition) is 3. The van der Waals surface area contributed by atoms with Crippen molar-refractivity contribution in [1.82, 2.24) is 5.32 Å². The average Bonchev–Trinajstić information content (AvgIpc) is 2.44. The second-order valence-electron chi connectivity index (χ2n) is 5.08. The summed E-state index contributed by atoms with van der Waals surface area (Å²) < 4.78 is 26.5. The number of phenolic OH excluding ortho intramolecular Hbond substituents is 1. The number of benzene rings is 1. The Kier molecular flexibility index (Phi) is 4.71. The molecule has 5 heteroatoms. The van der Waals surface area contributed by atoms with Crippen LogP contribution >= 0.6 is 0 Å². The van der Waals surface area contributed by atoms with Crippen LogP contribution in [0.2, 0.25) is 0 Å². The molecule has 1 saturated carbocycles. The third kappa shape index (κ3) is 3.22. The molecule has 1 fully saturated rings. The van der Waals surface area contributed by atoms with Crippen LogP contribution in [0, 0.1) is 17.6 Å². The molecule has 0 amide bonds. The first kappa shape index (κ1) is 14.2. The van der Waals surface area contributed by atoms with Gasteiger partial charge in [0.25, 0.3) is 0 Å². The summed E-state index contributed by atoms with van der Waals surface area (Å²) in [4.78, 5) is 0. The molecule has 0 radical (unpaired) electrons. The van der Waals surface area contributed by atoms with Gasteiger partial charge in [-0.1, -0.05) is 18.9 Å². The van der Waals surface area contributed by atoms with Gasteiger partial charge in [-0.2, -0.15) is 0 Å². The minimum atomic E-state index is -0.952. The number of hydrogen-bond acceptors (Lipinski definition) is 3. The largest absolute Gasteiger partial charge is 0.503 e. The number of halogens is 2. The van der Waals surface area contributed by atoms with E-state index in [0.29, 0.717) is 0 Å². The summed E-state index contributed by atoms with van der Waals surface area (Å²) >= 11 is 0. The van der Waals surface area contributed by atoms with Crippen molar-refractivity contribution >= 4 is 0 Å². The molecule has 0 spiro atoms. The van der Waals surface area contributed by atoms with Crippen LogP contribution in [0.5, 0.6) is 5.75 Å². The minimum absolute atomic E-state index is 0.120. The quantitative estimate of drug-likeness (QED) is 0.787. The summed E-state index contributed by atoms with van der Waals surface area (Å²) in [5, 5.41) is 21.7. The summed E-state index contributed by atoms with van der Waals surface area (Å²) in [7, 11) is 0. The smallest absolute Gasteiger partial charge is 0.188 e. The van der Waals surface area contributed by atoms with E-state index >= 15 is 0 Å². The lowest BCUT2D eigenvalue weighted by molar-refractivity contribution is 0.152. The van der Waals surface area contributed by atoms with E-state index in [9.17, 15) is 19.0 Å². The molecular weight excluding hydrogens is 252 g/mol. The van der Waals surface area contributed by atoms with Gasteiger partial charge in [0.2, 0.25) is 0 Å². The SMILES string of the molecule is OCC1CCCCC1NCc1ccc(F)c(O)c1F. The first-order chi connectivity index (χ1) is 9.13. The predicted octanol–water partition coefficient (Wildman–Crippen LogP) is 2.31. The molecule has 2 unspecified atom stereocenters. The summed E-state index contributed by atoms with van der Waals surface area (Å²) in [5.74, 6) is -2.61. The van der Waals surface area contributed by atoms with Gasteiger partial charge in [-0.15, -0.1) is 0 Å². The molecule has 1 aliphatic carbocycles. The highest BCUT2D eigenvalue weighted by molar-refractivity contribution is 5.31. The van der Waals surface area contributed by atoms with Crippen molar-refractivity contribution in [1.29, 1.82) is 0 Å². The van der Waals surface area contributed by atoms with Gasteiger partial charge in [0.15, 0.2) is 17.4 Å². The number of rotatable bonds is 4. The van der Waals surface area contributed by atoms with Crippen LogP contribution in [0.1, 0.15) is 31.2 Å². The highest BCUT2D eigenvalue weighted by Gasteiger charge is 2.24. The molecule has 0 aromatic heterocycles. The highest BCUT2D eigenvalue weighted by atomic mass is 19.1. The summed E-state index contributed by atoms with van der Waals surface area (Å²) in [6.07, 6.45) is 4.10. The Morgan fingerprint density at radius 1 is 1.21 bits per heavy atom. The van der Waals surface area contributed by atoms with Crippen LogP contribution in [0.15, 0.2) is 12.1 Å². The first-order valence-corrected chi connectivity index (χ1v) is 6.63. The molecule has 0 saturated heterocycles. The highest BCUT2D eigenvalue weighted by Crippen LogP contribution is 2.26. The van der Waals surface area contributed by atoms with Crippen LogP contribution < -0.4 is 5.32 Å². The molecule has 0 bridgehead atoms. The van der Waals surface area contributed by atoms with Crippen molar-refractivity contribution < 1.29 is 19.0 Å². The number of aliphatic hydroxyl groups is 1. The maximum atomic E-state index is 13.6. The molecule has 1 aliphatic rings. The fourth-order valence-electron chi connectivity index (χ4n) is 2.66. The normalized spacial score (nSPS) is 23.5. The zero-order valence-electron chi connectivity index (χ0n) is 10.7. The van der Waals surface area contributed by atoms with E-state index in [1.54, 1.807) is 0 Å². The lowest BCUT2D eigenvalue weighted by Crippen LogP contribution is -2.39. The van der Waals surface area contributed by atoms with E-state index in [-0.39, 0.29) is 30.7 Å². The maximum Gasteiger partial charge on any atom is 0.188 e. The van der Waals surface area contributed by atoms with Crippen molar-refractivity contribution in [3.8, 4) is 5.75 Å². The van der Waals surface area contributed by atoms with Gasteiger partial charge in [-0.3, -0.25) is 0 Å². The summed E-state index contributed by atoms with van der Waals surface area (Å²) in [6, 6.07) is 2.53. The van der Waals surface area contributed by atoms with Gasteiger partial charge in [0.1, 0.15) is 0 Å². The van der Waals surface area contributed by atoms with Gasteiger partial charge in [0.05, 0.1) is 0 Å². The van der Waals surface area contributed by atoms with Crippen LogP contribution in [0.25, 0.3) is 0 Å². The molecule has 3 nitrogen and oxygen atoms in total. The molecule has 19 heavy (non-hydrogen) atoms. The molecule has 1 aromatic rings. The molecule has 2 atom stereocenters. The van der Waals surface area contributed by atoms with Gasteiger partial charge >= 0.3 is 0 Å². The van der Waals surface area contributed by atoms with Crippen LogP contribution in [0.4, 0.5) is 8.78 Å². The Balaban J connectivity index is 2.00. The van der Waals surface area contributed by atoms with E-state index in [4.69, 9.17) is 0 Å². The zero-order chi connectivity index (χ0) is 13.8. The van der Waals surface area contributed by atoms with Crippen LogP contribution in [0.3, 0.4) is 0 Å². The van der Waals surface area contributed by atoms with Gasteiger partial charge < -0.3 is 15.5 Å². The lowest BCUT2D eigenvalue weighted by atomic mass is 9.85. The molecule has 106 valence electrons. The van der Waals surface area contributed by atoms with Crippen molar-refractivity contribution in [2.45, 2.75) is 38.3 Å². The monoisotopic (exact) mass is 271 g/mol. The predicted molar refractivity (Wildman–Crippen MR) is 67.7 cm³/mol. The number of aliphatic hydroxyl groups excluding tert-OH is 1. The van der Waals surface area contributed by atoms with Crippen molar-refractivity contribution in [3.05, 3.63) is 29.3 Å². The van der Waals surface area contributed by atoms with Gasteiger partial charge in [-0.05, 0) is 24.8 Å². The number of nitrogens with one attached hydrogen (secondary N) is 1. The topological polar surface area (TPSA) is 52.5 Å². The number of phenols is 1. The first-order valence-electron chi connectivity index (χ1n) is 6.63. The average molecular weight is 271 g/mol. The van der Waals surface area contributed by atoms with E-state index < -0.39 is 17.4 Å². The third-order valence-electron chi connectivity index (χ3n) is 3.85. The van der Waals surface area contributed by atoms with E-state index in [1.807, 2.05) is 0 Å². The molecule has 0 heterocycles. The molecule has 3 N–H and O–H groups in total. The Labute approximate surface area is 111 Å². The van der Waals surface area contributed by atoms with Gasteiger partial charge in [0, 0.05) is 24.8 Å². The summed E-state index contributed by atoms with van der Waals surface area (Å²) in [5.41, 5.74) is 0.237. The molecular formula is C14H19F2NO2. The second kappa shape index (κ2) is 6.30. The molecule has 2 rings (SSSR count). The van der Waals surface area contributed by atoms with Crippen LogP contribution in [-0.4, -0.2) is 22.9 Å². The van der Waals surface area contributed by atoms with E-state index in [2.05, 4.69) is 5.32 Å². The number of aromatic hydroxyl groups is 1. The van der Waals surface area contributed by atoms with Crippen molar-refractivity contribution in [2.75, 3.05) is 6.61 Å². The van der Waals surface area contributed by atoms with Crippen molar-refractivity contribution in [2.24, 2.45) is 5.92 Å². The van der Waals surface area contributed by atoms with Crippen molar-refractivity contribution in [3.63, 3.8) is 0 Å². The van der Waals surface area contributed by atoms with E-state index in [0.717, 1.165) is 31.7 Å². The molecule has 1 aromatic carbocycles. The van der Waals surface area contributed by atoms with E-state index in [1.165, 1.54) is 6.07 Å². The Bertz CT molecular complexity index is 440. The third-order valence-corrected chi connectivity index (χ3v) is 3.85. The zero-order valence-corrected chi connectivity index (χ0v) is 10.7.